The van der Waals surface area contributed by atoms with Crippen LogP contribution in [0.2, 0.25) is 0 Å². The highest BCUT2D eigenvalue weighted by Gasteiger charge is 2.35. The van der Waals surface area contributed by atoms with E-state index < -0.39 is 6.04 Å². The fraction of sp³-hybridized carbons (Fsp3) is 0.538. The minimum absolute atomic E-state index is 0.0587. The van der Waals surface area contributed by atoms with Crippen LogP contribution in [0.4, 0.5) is 11.6 Å². The molecule has 1 aromatic heterocycles. The summed E-state index contributed by atoms with van der Waals surface area (Å²) in [7, 11) is 1.51. The summed E-state index contributed by atoms with van der Waals surface area (Å²) in [5, 5.41) is 5.41. The summed E-state index contributed by atoms with van der Waals surface area (Å²) >= 11 is 0. The molecule has 1 fully saturated rings. The van der Waals surface area contributed by atoms with Crippen molar-refractivity contribution in [2.75, 3.05) is 30.4 Å². The lowest BCUT2D eigenvalue weighted by atomic mass is 10.1. The number of nitrogens with zero attached hydrogens (tertiary/aromatic N) is 3. The van der Waals surface area contributed by atoms with E-state index in [9.17, 15) is 9.59 Å². The topological polar surface area (TPSA) is 96.5 Å². The van der Waals surface area contributed by atoms with Crippen molar-refractivity contribution in [3.05, 3.63) is 6.33 Å². The van der Waals surface area contributed by atoms with Gasteiger partial charge in [-0.3, -0.25) is 14.9 Å². The summed E-state index contributed by atoms with van der Waals surface area (Å²) in [6, 6.07) is -0.457. The van der Waals surface area contributed by atoms with Crippen LogP contribution in [0.15, 0.2) is 6.33 Å². The molecular formula is C13H19N5O3. The van der Waals surface area contributed by atoms with Gasteiger partial charge in [-0.2, -0.15) is 0 Å². The van der Waals surface area contributed by atoms with Crippen LogP contribution in [0.1, 0.15) is 20.3 Å². The van der Waals surface area contributed by atoms with Gasteiger partial charge in [0.1, 0.15) is 12.4 Å². The van der Waals surface area contributed by atoms with Gasteiger partial charge in [-0.05, 0) is 13.3 Å². The highest BCUT2D eigenvalue weighted by atomic mass is 16.5. The summed E-state index contributed by atoms with van der Waals surface area (Å²) in [5.41, 5.74) is 0. The number of anilines is 2. The van der Waals surface area contributed by atoms with Crippen molar-refractivity contribution in [2.45, 2.75) is 26.3 Å². The van der Waals surface area contributed by atoms with Gasteiger partial charge in [-0.15, -0.1) is 0 Å². The minimum atomic E-state index is -0.457. The van der Waals surface area contributed by atoms with E-state index in [-0.39, 0.29) is 18.4 Å². The first-order valence-corrected chi connectivity index (χ1v) is 6.85. The number of hydrogen-bond donors (Lipinski definition) is 2. The monoisotopic (exact) mass is 293 g/mol. The number of methoxy groups -OCH3 is 1. The van der Waals surface area contributed by atoms with Gasteiger partial charge in [0.25, 0.3) is 0 Å². The molecule has 2 rings (SSSR count). The number of aromatic nitrogens is 2. The number of piperazine rings is 1. The first kappa shape index (κ1) is 15.0. The number of imide groups is 1. The Morgan fingerprint density at radius 1 is 1.43 bits per heavy atom. The zero-order chi connectivity index (χ0) is 15.4. The van der Waals surface area contributed by atoms with E-state index in [1.807, 2.05) is 13.8 Å². The number of carbonyl (C=O) groups is 2. The molecule has 21 heavy (non-hydrogen) atoms. The SMILES string of the molecule is CCNc1ncnc(N2CC(=O)NC(=O)C2CC)c1OC. The van der Waals surface area contributed by atoms with Crippen molar-refractivity contribution in [3.63, 3.8) is 0 Å². The summed E-state index contributed by atoms with van der Waals surface area (Å²) in [4.78, 5) is 33.6. The Balaban J connectivity index is 2.45. The van der Waals surface area contributed by atoms with E-state index >= 15 is 0 Å². The number of amides is 2. The molecule has 0 spiro atoms. The third-order valence-corrected chi connectivity index (χ3v) is 3.25. The number of hydrogen-bond acceptors (Lipinski definition) is 7. The first-order valence-electron chi connectivity index (χ1n) is 6.85. The Morgan fingerprint density at radius 2 is 2.19 bits per heavy atom. The van der Waals surface area contributed by atoms with Gasteiger partial charge < -0.3 is 15.0 Å². The van der Waals surface area contributed by atoms with Gasteiger partial charge >= 0.3 is 0 Å². The number of ether oxygens (including phenoxy) is 1. The molecule has 1 saturated heterocycles. The molecule has 1 aliphatic rings. The quantitative estimate of drug-likeness (QED) is 0.746. The lowest BCUT2D eigenvalue weighted by Gasteiger charge is -2.34. The molecule has 2 N–H and O–H groups in total. The molecule has 2 amide bonds. The molecule has 0 radical (unpaired) electrons. The highest BCUT2D eigenvalue weighted by Crippen LogP contribution is 2.33. The molecule has 8 heteroatoms. The largest absolute Gasteiger partial charge is 0.490 e. The van der Waals surface area contributed by atoms with E-state index in [0.717, 1.165) is 0 Å². The summed E-state index contributed by atoms with van der Waals surface area (Å²) in [6.45, 7) is 4.55. The standard InChI is InChI=1S/C13H19N5O3/c1-4-8-13(20)17-9(19)6-18(8)12-10(21-3)11(14-5-2)15-7-16-12/h7-8H,4-6H2,1-3H3,(H,14,15,16)(H,17,19,20). The molecule has 1 unspecified atom stereocenters. The van der Waals surface area contributed by atoms with Gasteiger partial charge in [0.05, 0.1) is 13.7 Å². The Morgan fingerprint density at radius 3 is 2.81 bits per heavy atom. The molecule has 0 aliphatic carbocycles. The number of carbonyl (C=O) groups excluding carboxylic acids is 2. The van der Waals surface area contributed by atoms with Gasteiger partial charge in [-0.1, -0.05) is 6.92 Å². The van der Waals surface area contributed by atoms with Crippen LogP contribution in [0.3, 0.4) is 0 Å². The molecule has 114 valence electrons. The summed E-state index contributed by atoms with van der Waals surface area (Å²) in [6.07, 6.45) is 1.95. The average Bonchev–Trinajstić information content (AvgIpc) is 2.46. The maximum Gasteiger partial charge on any atom is 0.249 e. The van der Waals surface area contributed by atoms with Crippen molar-refractivity contribution in [1.82, 2.24) is 15.3 Å². The lowest BCUT2D eigenvalue weighted by molar-refractivity contribution is -0.132. The fourth-order valence-corrected chi connectivity index (χ4v) is 2.35. The molecule has 0 saturated carbocycles. The van der Waals surface area contributed by atoms with Gasteiger partial charge in [0.15, 0.2) is 11.6 Å². The lowest BCUT2D eigenvalue weighted by Crippen LogP contribution is -2.58. The van der Waals surface area contributed by atoms with E-state index in [1.165, 1.54) is 13.4 Å². The minimum Gasteiger partial charge on any atom is -0.490 e. The van der Waals surface area contributed by atoms with Crippen LogP contribution in [0, 0.1) is 0 Å². The van der Waals surface area contributed by atoms with Gasteiger partial charge in [0.2, 0.25) is 17.6 Å². The molecule has 2 heterocycles. The van der Waals surface area contributed by atoms with E-state index in [1.54, 1.807) is 4.90 Å². The number of nitrogens with one attached hydrogen (secondary N) is 2. The molecule has 1 aliphatic heterocycles. The molecule has 0 bridgehead atoms. The van der Waals surface area contributed by atoms with E-state index in [4.69, 9.17) is 4.74 Å². The predicted molar refractivity (Wildman–Crippen MR) is 77.3 cm³/mol. The van der Waals surface area contributed by atoms with Crippen molar-refractivity contribution >= 4 is 23.5 Å². The second kappa shape index (κ2) is 6.38. The van der Waals surface area contributed by atoms with Gasteiger partial charge in [-0.25, -0.2) is 9.97 Å². The maximum absolute atomic E-state index is 12.0. The predicted octanol–water partition coefficient (Wildman–Crippen LogP) is 0.158. The van der Waals surface area contributed by atoms with E-state index in [2.05, 4.69) is 20.6 Å². The number of rotatable bonds is 5. The smallest absolute Gasteiger partial charge is 0.249 e. The normalized spacial score (nSPS) is 18.4. The van der Waals surface area contributed by atoms with Crippen LogP contribution in [-0.4, -0.2) is 48.0 Å². The molecular weight excluding hydrogens is 274 g/mol. The Hall–Kier alpha value is -2.38. The molecule has 1 atom stereocenters. The van der Waals surface area contributed by atoms with Crippen molar-refractivity contribution in [3.8, 4) is 5.75 Å². The molecule has 1 aromatic rings. The van der Waals surface area contributed by atoms with Crippen LogP contribution < -0.4 is 20.3 Å². The molecule has 0 aromatic carbocycles. The Bertz CT molecular complexity index is 549. The van der Waals surface area contributed by atoms with Crippen LogP contribution in [0.5, 0.6) is 5.75 Å². The van der Waals surface area contributed by atoms with Crippen LogP contribution in [0.25, 0.3) is 0 Å². The third-order valence-electron chi connectivity index (χ3n) is 3.25. The van der Waals surface area contributed by atoms with Crippen molar-refractivity contribution in [1.29, 1.82) is 0 Å². The summed E-state index contributed by atoms with van der Waals surface area (Å²) in [5.74, 6) is 0.742. The highest BCUT2D eigenvalue weighted by molar-refractivity contribution is 6.04. The zero-order valence-electron chi connectivity index (χ0n) is 12.3. The summed E-state index contributed by atoms with van der Waals surface area (Å²) < 4.78 is 5.37. The fourth-order valence-electron chi connectivity index (χ4n) is 2.35. The first-order chi connectivity index (χ1) is 10.1. The van der Waals surface area contributed by atoms with Crippen molar-refractivity contribution in [2.24, 2.45) is 0 Å². The Labute approximate surface area is 122 Å². The second-order valence-electron chi connectivity index (χ2n) is 4.57. The average molecular weight is 293 g/mol. The van der Waals surface area contributed by atoms with Crippen molar-refractivity contribution < 1.29 is 14.3 Å². The third kappa shape index (κ3) is 2.88. The second-order valence-corrected chi connectivity index (χ2v) is 4.57. The van der Waals surface area contributed by atoms with Crippen LogP contribution >= 0.6 is 0 Å². The van der Waals surface area contributed by atoms with Gasteiger partial charge in [0, 0.05) is 6.54 Å². The Kier molecular flexibility index (Phi) is 4.56. The zero-order valence-corrected chi connectivity index (χ0v) is 12.3. The maximum atomic E-state index is 12.0. The van der Waals surface area contributed by atoms with Crippen LogP contribution in [-0.2, 0) is 9.59 Å². The molecule has 8 nitrogen and oxygen atoms in total. The van der Waals surface area contributed by atoms with E-state index in [0.29, 0.717) is 30.4 Å².